The summed E-state index contributed by atoms with van der Waals surface area (Å²) in [5, 5.41) is 0.520. The number of hydrogen-bond donors (Lipinski definition) is 1. The monoisotopic (exact) mass is 271 g/mol. The summed E-state index contributed by atoms with van der Waals surface area (Å²) < 4.78 is 11.1. The van der Waals surface area contributed by atoms with Crippen molar-refractivity contribution >= 4 is 28.8 Å². The average molecular weight is 272 g/mol. The van der Waals surface area contributed by atoms with E-state index in [4.69, 9.17) is 39.0 Å². The third-order valence-corrected chi connectivity index (χ3v) is 3.16. The van der Waals surface area contributed by atoms with Crippen LogP contribution < -0.4 is 10.5 Å². The molecule has 1 aliphatic rings. The highest BCUT2D eigenvalue weighted by Gasteiger charge is 2.16. The second-order valence-corrected chi connectivity index (χ2v) is 4.81. The van der Waals surface area contributed by atoms with Crippen LogP contribution in [0.5, 0.6) is 5.75 Å². The second kappa shape index (κ2) is 5.67. The van der Waals surface area contributed by atoms with Crippen LogP contribution in [0.3, 0.4) is 0 Å². The van der Waals surface area contributed by atoms with Crippen LogP contribution in [-0.4, -0.2) is 24.3 Å². The van der Waals surface area contributed by atoms with Gasteiger partial charge in [-0.25, -0.2) is 0 Å². The molecule has 1 aliphatic heterocycles. The van der Waals surface area contributed by atoms with E-state index in [9.17, 15) is 0 Å². The molecule has 0 aliphatic carbocycles. The first-order valence-electron chi connectivity index (χ1n) is 5.50. The van der Waals surface area contributed by atoms with E-state index in [1.165, 1.54) is 0 Å². The second-order valence-electron chi connectivity index (χ2n) is 3.96. The van der Waals surface area contributed by atoms with Crippen LogP contribution in [-0.2, 0) is 4.74 Å². The molecule has 1 aromatic carbocycles. The number of nitrogens with two attached hydrogens (primary N) is 1. The zero-order valence-electron chi connectivity index (χ0n) is 9.32. The quantitative estimate of drug-likeness (QED) is 0.858. The lowest BCUT2D eigenvalue weighted by Gasteiger charge is -2.23. The number of halogens is 1. The van der Waals surface area contributed by atoms with Crippen LogP contribution in [0.15, 0.2) is 18.2 Å². The van der Waals surface area contributed by atoms with E-state index >= 15 is 0 Å². The minimum atomic E-state index is 0.107. The predicted octanol–water partition coefficient (Wildman–Crippen LogP) is 2.53. The van der Waals surface area contributed by atoms with Gasteiger partial charge in [0.2, 0.25) is 0 Å². The highest BCUT2D eigenvalue weighted by atomic mass is 35.5. The summed E-state index contributed by atoms with van der Waals surface area (Å²) in [4.78, 5) is 0.294. The zero-order chi connectivity index (χ0) is 12.3. The first-order valence-corrected chi connectivity index (χ1v) is 6.29. The molecule has 1 heterocycles. The number of rotatable bonds is 3. The van der Waals surface area contributed by atoms with Crippen molar-refractivity contribution in [3.05, 3.63) is 28.8 Å². The van der Waals surface area contributed by atoms with Gasteiger partial charge in [-0.1, -0.05) is 23.8 Å². The van der Waals surface area contributed by atoms with Crippen molar-refractivity contribution in [1.82, 2.24) is 0 Å². The Morgan fingerprint density at radius 3 is 2.94 bits per heavy atom. The fraction of sp³-hybridized carbons (Fsp3) is 0.417. The number of benzene rings is 1. The van der Waals surface area contributed by atoms with Gasteiger partial charge in [0.25, 0.3) is 0 Å². The fourth-order valence-corrected chi connectivity index (χ4v) is 2.27. The van der Waals surface area contributed by atoms with Crippen molar-refractivity contribution in [3.8, 4) is 5.75 Å². The van der Waals surface area contributed by atoms with Crippen LogP contribution in [0.25, 0.3) is 0 Å². The van der Waals surface area contributed by atoms with Gasteiger partial charge in [0.1, 0.15) is 16.8 Å². The molecule has 2 rings (SSSR count). The van der Waals surface area contributed by atoms with Crippen molar-refractivity contribution < 1.29 is 9.47 Å². The third-order valence-electron chi connectivity index (χ3n) is 2.63. The SMILES string of the molecule is NC(=S)c1ccc(OC2CCCOC2)cc1Cl. The topological polar surface area (TPSA) is 44.5 Å². The van der Waals surface area contributed by atoms with Gasteiger partial charge in [-0.3, -0.25) is 0 Å². The van der Waals surface area contributed by atoms with Crippen LogP contribution in [0.4, 0.5) is 0 Å². The summed E-state index contributed by atoms with van der Waals surface area (Å²) in [5.41, 5.74) is 6.21. The van der Waals surface area contributed by atoms with Gasteiger partial charge in [-0.15, -0.1) is 0 Å². The summed E-state index contributed by atoms with van der Waals surface area (Å²) in [6.07, 6.45) is 2.15. The van der Waals surface area contributed by atoms with Gasteiger partial charge in [0, 0.05) is 12.2 Å². The van der Waals surface area contributed by atoms with E-state index in [0.717, 1.165) is 25.2 Å². The van der Waals surface area contributed by atoms with Crippen LogP contribution >= 0.6 is 23.8 Å². The smallest absolute Gasteiger partial charge is 0.122 e. The number of ether oxygens (including phenoxy) is 2. The van der Waals surface area contributed by atoms with E-state index in [1.807, 2.05) is 6.07 Å². The van der Waals surface area contributed by atoms with Crippen molar-refractivity contribution in [2.75, 3.05) is 13.2 Å². The molecule has 1 unspecified atom stereocenters. The molecule has 2 N–H and O–H groups in total. The van der Waals surface area contributed by atoms with Crippen molar-refractivity contribution in [1.29, 1.82) is 0 Å². The largest absolute Gasteiger partial charge is 0.488 e. The molecule has 1 aromatic rings. The Morgan fingerprint density at radius 2 is 2.35 bits per heavy atom. The summed E-state index contributed by atoms with van der Waals surface area (Å²) in [6, 6.07) is 5.35. The predicted molar refractivity (Wildman–Crippen MR) is 71.8 cm³/mol. The maximum absolute atomic E-state index is 6.06. The summed E-state index contributed by atoms with van der Waals surface area (Å²) in [7, 11) is 0. The Balaban J connectivity index is 2.06. The molecule has 0 bridgehead atoms. The summed E-state index contributed by atoms with van der Waals surface area (Å²) >= 11 is 11.0. The molecule has 0 spiro atoms. The molecule has 3 nitrogen and oxygen atoms in total. The molecule has 1 atom stereocenters. The van der Waals surface area contributed by atoms with Crippen LogP contribution in [0, 0.1) is 0 Å². The first-order chi connectivity index (χ1) is 8.16. The van der Waals surface area contributed by atoms with Crippen LogP contribution in [0.2, 0.25) is 5.02 Å². The van der Waals surface area contributed by atoms with E-state index in [2.05, 4.69) is 0 Å². The fourth-order valence-electron chi connectivity index (χ4n) is 1.77. The van der Waals surface area contributed by atoms with E-state index in [1.54, 1.807) is 12.1 Å². The molecule has 92 valence electrons. The third kappa shape index (κ3) is 3.31. The maximum atomic E-state index is 6.06. The van der Waals surface area contributed by atoms with E-state index in [-0.39, 0.29) is 6.10 Å². The summed E-state index contributed by atoms with van der Waals surface area (Å²) in [5.74, 6) is 0.727. The van der Waals surface area contributed by atoms with Crippen molar-refractivity contribution in [3.63, 3.8) is 0 Å². The van der Waals surface area contributed by atoms with Gasteiger partial charge < -0.3 is 15.2 Å². The number of hydrogen-bond acceptors (Lipinski definition) is 3. The Hall–Kier alpha value is -0.840. The molecule has 5 heteroatoms. The lowest BCUT2D eigenvalue weighted by atomic mass is 10.1. The highest BCUT2D eigenvalue weighted by Crippen LogP contribution is 2.24. The van der Waals surface area contributed by atoms with Gasteiger partial charge in [0.05, 0.1) is 11.6 Å². The molecule has 0 saturated carbocycles. The molecule has 1 saturated heterocycles. The Bertz CT molecular complexity index is 419. The highest BCUT2D eigenvalue weighted by molar-refractivity contribution is 7.80. The normalized spacial score (nSPS) is 19.9. The van der Waals surface area contributed by atoms with E-state index in [0.29, 0.717) is 22.2 Å². The molecule has 17 heavy (non-hydrogen) atoms. The first kappa shape index (κ1) is 12.6. The number of thiocarbonyl (C=S) groups is 1. The molecule has 0 amide bonds. The summed E-state index contributed by atoms with van der Waals surface area (Å²) in [6.45, 7) is 1.45. The zero-order valence-corrected chi connectivity index (χ0v) is 10.9. The van der Waals surface area contributed by atoms with Gasteiger partial charge in [-0.05, 0) is 31.0 Å². The van der Waals surface area contributed by atoms with Crippen molar-refractivity contribution in [2.45, 2.75) is 18.9 Å². The van der Waals surface area contributed by atoms with Gasteiger partial charge in [0.15, 0.2) is 0 Å². The minimum Gasteiger partial charge on any atom is -0.488 e. The standard InChI is InChI=1S/C12H14ClNO2S/c13-11-6-8(3-4-10(11)12(14)17)16-9-2-1-5-15-7-9/h3-4,6,9H,1-2,5,7H2,(H2,14,17). The minimum absolute atomic E-state index is 0.107. The molecule has 0 radical (unpaired) electrons. The average Bonchev–Trinajstić information content (AvgIpc) is 2.30. The Kier molecular flexibility index (Phi) is 4.20. The van der Waals surface area contributed by atoms with E-state index < -0.39 is 0 Å². The molecule has 0 aromatic heterocycles. The maximum Gasteiger partial charge on any atom is 0.122 e. The Labute approximate surface area is 111 Å². The van der Waals surface area contributed by atoms with Crippen molar-refractivity contribution in [2.24, 2.45) is 5.73 Å². The lowest BCUT2D eigenvalue weighted by molar-refractivity contribution is 0.00743. The van der Waals surface area contributed by atoms with Crippen LogP contribution in [0.1, 0.15) is 18.4 Å². The lowest BCUT2D eigenvalue weighted by Crippen LogP contribution is -2.28. The molecule has 1 fully saturated rings. The molecular weight excluding hydrogens is 258 g/mol. The van der Waals surface area contributed by atoms with Gasteiger partial charge >= 0.3 is 0 Å². The van der Waals surface area contributed by atoms with Gasteiger partial charge in [-0.2, -0.15) is 0 Å². The molecular formula is C12H14ClNO2S. The Morgan fingerprint density at radius 1 is 1.53 bits per heavy atom.